The molecule has 0 aromatic heterocycles. The second kappa shape index (κ2) is 4.86. The minimum absolute atomic E-state index is 0.252. The molecule has 0 atom stereocenters. The lowest BCUT2D eigenvalue weighted by molar-refractivity contribution is -0.170. The normalized spacial score (nSPS) is 11.3. The Labute approximate surface area is 98.5 Å². The third-order valence-corrected chi connectivity index (χ3v) is 2.69. The molecule has 0 N–H and O–H groups in total. The third kappa shape index (κ3) is 3.23. The summed E-state index contributed by atoms with van der Waals surface area (Å²) in [5.74, 6) is -1.37. The Kier molecular flexibility index (Phi) is 3.96. The molecule has 0 heterocycles. The van der Waals surface area contributed by atoms with Gasteiger partial charge in [-0.05, 0) is 23.8 Å². The zero-order valence-corrected chi connectivity index (χ0v) is 9.85. The van der Waals surface area contributed by atoms with Crippen molar-refractivity contribution in [2.45, 2.75) is 12.6 Å². The maximum Gasteiger partial charge on any atom is 0.450 e. The Balaban J connectivity index is 2.92. The summed E-state index contributed by atoms with van der Waals surface area (Å²) in [7, 11) is 1.40. The lowest BCUT2D eigenvalue weighted by atomic mass is 10.1. The minimum Gasteiger partial charge on any atom is -0.497 e. The maximum atomic E-state index is 12.1. The molecule has 0 aliphatic heterocycles. The summed E-state index contributed by atoms with van der Waals surface area (Å²) in [6.07, 6.45) is -5.50. The van der Waals surface area contributed by atoms with Crippen molar-refractivity contribution < 1.29 is 22.7 Å². The van der Waals surface area contributed by atoms with Crippen LogP contribution < -0.4 is 4.74 Å². The maximum absolute atomic E-state index is 12.1. The van der Waals surface area contributed by atoms with E-state index in [-0.39, 0.29) is 5.56 Å². The van der Waals surface area contributed by atoms with E-state index >= 15 is 0 Å². The van der Waals surface area contributed by atoms with E-state index in [0.29, 0.717) is 10.2 Å². The second-order valence-electron chi connectivity index (χ2n) is 3.06. The summed E-state index contributed by atoms with van der Waals surface area (Å²) >= 11 is 3.08. The molecule has 2 nitrogen and oxygen atoms in total. The van der Waals surface area contributed by atoms with Gasteiger partial charge in [0.2, 0.25) is 5.78 Å². The summed E-state index contributed by atoms with van der Waals surface area (Å²) in [6, 6.07) is 4.52. The van der Waals surface area contributed by atoms with Crippen LogP contribution in [0.2, 0.25) is 0 Å². The van der Waals surface area contributed by atoms with E-state index in [1.165, 1.54) is 19.2 Å². The molecule has 0 aliphatic carbocycles. The predicted octanol–water partition coefficient (Wildman–Crippen LogP) is 3.13. The fraction of sp³-hybridized carbons (Fsp3) is 0.300. The van der Waals surface area contributed by atoms with E-state index in [0.717, 1.165) is 0 Å². The van der Waals surface area contributed by atoms with Gasteiger partial charge in [-0.15, -0.1) is 0 Å². The highest BCUT2D eigenvalue weighted by Gasteiger charge is 2.38. The van der Waals surface area contributed by atoms with E-state index in [4.69, 9.17) is 4.74 Å². The standard InChI is InChI=1S/C10H8BrF3O2/c1-16-7-2-3-8(11)6(4-7)5-9(15)10(12,13)14/h2-4H,5H2,1H3. The van der Waals surface area contributed by atoms with Crippen LogP contribution in [0, 0.1) is 0 Å². The van der Waals surface area contributed by atoms with Crippen molar-refractivity contribution in [2.75, 3.05) is 7.11 Å². The van der Waals surface area contributed by atoms with Gasteiger partial charge in [0.25, 0.3) is 0 Å². The Morgan fingerprint density at radius 3 is 2.56 bits per heavy atom. The molecule has 0 unspecified atom stereocenters. The van der Waals surface area contributed by atoms with Crippen molar-refractivity contribution in [3.8, 4) is 5.75 Å². The predicted molar refractivity (Wildman–Crippen MR) is 55.5 cm³/mol. The van der Waals surface area contributed by atoms with Gasteiger partial charge in [-0.25, -0.2) is 0 Å². The average Bonchev–Trinajstić information content (AvgIpc) is 2.19. The Hall–Kier alpha value is -1.04. The van der Waals surface area contributed by atoms with Gasteiger partial charge in [0, 0.05) is 10.9 Å². The van der Waals surface area contributed by atoms with Crippen molar-refractivity contribution in [3.05, 3.63) is 28.2 Å². The number of hydrogen-bond acceptors (Lipinski definition) is 2. The number of carbonyl (C=O) groups is 1. The van der Waals surface area contributed by atoms with Crippen LogP contribution in [-0.2, 0) is 11.2 Å². The molecule has 16 heavy (non-hydrogen) atoms. The molecule has 0 spiro atoms. The van der Waals surface area contributed by atoms with Crippen LogP contribution >= 0.6 is 15.9 Å². The minimum atomic E-state index is -4.80. The Morgan fingerprint density at radius 1 is 1.44 bits per heavy atom. The summed E-state index contributed by atoms with van der Waals surface area (Å²) in [5.41, 5.74) is 0.252. The highest BCUT2D eigenvalue weighted by molar-refractivity contribution is 9.10. The number of halogens is 4. The molecule has 88 valence electrons. The molecule has 0 saturated heterocycles. The molecule has 0 aliphatic rings. The van der Waals surface area contributed by atoms with Crippen LogP contribution in [0.4, 0.5) is 13.2 Å². The number of Topliss-reactive ketones (excluding diaryl/α,β-unsaturated/α-hetero) is 1. The first-order valence-corrected chi connectivity index (χ1v) is 5.06. The van der Waals surface area contributed by atoms with Crippen LogP contribution in [0.1, 0.15) is 5.56 Å². The average molecular weight is 297 g/mol. The topological polar surface area (TPSA) is 26.3 Å². The van der Waals surface area contributed by atoms with Crippen molar-refractivity contribution in [3.63, 3.8) is 0 Å². The Morgan fingerprint density at radius 2 is 2.06 bits per heavy atom. The number of carbonyl (C=O) groups excluding carboxylic acids is 1. The molecule has 1 rings (SSSR count). The van der Waals surface area contributed by atoms with E-state index < -0.39 is 18.4 Å². The van der Waals surface area contributed by atoms with Crippen LogP contribution in [0.5, 0.6) is 5.75 Å². The first kappa shape index (κ1) is 13.0. The number of methoxy groups -OCH3 is 1. The number of ether oxygens (including phenoxy) is 1. The fourth-order valence-electron chi connectivity index (χ4n) is 1.09. The van der Waals surface area contributed by atoms with Crippen LogP contribution in [0.15, 0.2) is 22.7 Å². The molecule has 1 aromatic carbocycles. The molecular formula is C10H8BrF3O2. The van der Waals surface area contributed by atoms with E-state index in [1.54, 1.807) is 6.07 Å². The van der Waals surface area contributed by atoms with Gasteiger partial charge < -0.3 is 4.74 Å². The number of ketones is 1. The molecule has 0 fully saturated rings. The van der Waals surface area contributed by atoms with Gasteiger partial charge in [0.05, 0.1) is 7.11 Å². The van der Waals surface area contributed by atoms with Crippen molar-refractivity contribution in [1.82, 2.24) is 0 Å². The molecular weight excluding hydrogens is 289 g/mol. The molecule has 1 aromatic rings. The Bertz CT molecular complexity index is 402. The quantitative estimate of drug-likeness (QED) is 0.857. The van der Waals surface area contributed by atoms with Crippen molar-refractivity contribution in [1.29, 1.82) is 0 Å². The number of hydrogen-bond donors (Lipinski definition) is 0. The van der Waals surface area contributed by atoms with Gasteiger partial charge in [0.15, 0.2) is 0 Å². The molecule has 0 saturated carbocycles. The smallest absolute Gasteiger partial charge is 0.450 e. The largest absolute Gasteiger partial charge is 0.497 e. The van der Waals surface area contributed by atoms with Gasteiger partial charge in [-0.1, -0.05) is 15.9 Å². The van der Waals surface area contributed by atoms with Gasteiger partial charge in [-0.3, -0.25) is 4.79 Å². The summed E-state index contributed by atoms with van der Waals surface area (Å²) < 4.78 is 41.5. The van der Waals surface area contributed by atoms with E-state index in [1.807, 2.05) is 0 Å². The highest BCUT2D eigenvalue weighted by atomic mass is 79.9. The number of rotatable bonds is 3. The third-order valence-electron chi connectivity index (χ3n) is 1.92. The van der Waals surface area contributed by atoms with Gasteiger partial charge >= 0.3 is 6.18 Å². The summed E-state index contributed by atoms with van der Waals surface area (Å²) in [5, 5.41) is 0. The van der Waals surface area contributed by atoms with Crippen LogP contribution in [0.3, 0.4) is 0 Å². The number of benzene rings is 1. The summed E-state index contributed by atoms with van der Waals surface area (Å²) in [4.78, 5) is 10.8. The molecule has 0 bridgehead atoms. The van der Waals surface area contributed by atoms with Gasteiger partial charge in [0.1, 0.15) is 5.75 Å². The van der Waals surface area contributed by atoms with Crippen molar-refractivity contribution in [2.24, 2.45) is 0 Å². The number of alkyl halides is 3. The lowest BCUT2D eigenvalue weighted by Gasteiger charge is -2.08. The monoisotopic (exact) mass is 296 g/mol. The highest BCUT2D eigenvalue weighted by Crippen LogP contribution is 2.26. The zero-order valence-electron chi connectivity index (χ0n) is 8.27. The SMILES string of the molecule is COc1ccc(Br)c(CC(=O)C(F)(F)F)c1. The van der Waals surface area contributed by atoms with Crippen LogP contribution in [-0.4, -0.2) is 19.1 Å². The van der Waals surface area contributed by atoms with Crippen LogP contribution in [0.25, 0.3) is 0 Å². The first-order chi connectivity index (χ1) is 7.34. The van der Waals surface area contributed by atoms with Crippen molar-refractivity contribution >= 4 is 21.7 Å². The zero-order chi connectivity index (χ0) is 12.3. The molecule has 0 amide bonds. The first-order valence-electron chi connectivity index (χ1n) is 4.27. The molecule has 0 radical (unpaired) electrons. The van der Waals surface area contributed by atoms with E-state index in [2.05, 4.69) is 15.9 Å². The molecule has 6 heteroatoms. The second-order valence-corrected chi connectivity index (χ2v) is 3.91. The lowest BCUT2D eigenvalue weighted by Crippen LogP contribution is -2.24. The van der Waals surface area contributed by atoms with Gasteiger partial charge in [-0.2, -0.15) is 13.2 Å². The summed E-state index contributed by atoms with van der Waals surface area (Å²) in [6.45, 7) is 0. The van der Waals surface area contributed by atoms with E-state index in [9.17, 15) is 18.0 Å². The fourth-order valence-corrected chi connectivity index (χ4v) is 1.47.